The molecular weight excluding hydrogens is 418 g/mol. The minimum Gasteiger partial charge on any atom is -0.394 e. The second-order valence-electron chi connectivity index (χ2n) is 7.44. The molecule has 0 aliphatic carbocycles. The fourth-order valence-corrected chi connectivity index (χ4v) is 4.45. The van der Waals surface area contributed by atoms with Gasteiger partial charge in [0.1, 0.15) is 35.2 Å². The average molecular weight is 446 g/mol. The molecule has 4 rings (SSSR count). The van der Waals surface area contributed by atoms with Crippen LogP contribution in [0, 0.1) is 0 Å². The van der Waals surface area contributed by atoms with Gasteiger partial charge in [0.25, 0.3) is 0 Å². The Balaban J connectivity index is 1.70. The number of aliphatic hydroxyl groups excluding tert-OH is 3. The lowest BCUT2D eigenvalue weighted by molar-refractivity contribution is -0.0501. The molecule has 0 spiro atoms. The summed E-state index contributed by atoms with van der Waals surface area (Å²) in [6.45, 7) is 2.39. The number of imidazole rings is 1. The zero-order valence-corrected chi connectivity index (χ0v) is 18.1. The van der Waals surface area contributed by atoms with Crippen molar-refractivity contribution in [1.29, 1.82) is 0 Å². The average Bonchev–Trinajstić information content (AvgIpc) is 3.30. The standard InChI is InChI=1S/C21H27N5O4S/c1-2-3-9-22-21-25-15-18(26(21)20-17(29)16(28)14(10-27)30-20)23-12-24-19(15)31-11-13-7-5-4-6-8-13/h4-8,12,14,16-17,20,27-29H,2-3,9-11H2,1H3,(H,22,25)/t14-,16-,17-,20-/m1/s1. The molecule has 1 aromatic carbocycles. The van der Waals surface area contributed by atoms with Crippen LogP contribution in [0.4, 0.5) is 5.95 Å². The molecule has 166 valence electrons. The number of hydrogen-bond donors (Lipinski definition) is 4. The Morgan fingerprint density at radius 1 is 1.16 bits per heavy atom. The summed E-state index contributed by atoms with van der Waals surface area (Å²) in [5, 5.41) is 34.3. The highest BCUT2D eigenvalue weighted by atomic mass is 32.2. The zero-order chi connectivity index (χ0) is 21.8. The van der Waals surface area contributed by atoms with Crippen molar-refractivity contribution in [2.75, 3.05) is 18.5 Å². The Morgan fingerprint density at radius 2 is 1.97 bits per heavy atom. The first-order valence-corrected chi connectivity index (χ1v) is 11.4. The fourth-order valence-electron chi connectivity index (χ4n) is 3.56. The van der Waals surface area contributed by atoms with E-state index in [9.17, 15) is 15.3 Å². The first-order chi connectivity index (χ1) is 15.1. The molecule has 1 saturated heterocycles. The number of benzene rings is 1. The van der Waals surface area contributed by atoms with E-state index in [0.717, 1.165) is 23.6 Å². The van der Waals surface area contributed by atoms with E-state index in [4.69, 9.17) is 9.72 Å². The lowest BCUT2D eigenvalue weighted by Gasteiger charge is -2.19. The molecule has 0 amide bonds. The molecule has 4 N–H and O–H groups in total. The van der Waals surface area contributed by atoms with Crippen molar-refractivity contribution < 1.29 is 20.1 Å². The summed E-state index contributed by atoms with van der Waals surface area (Å²) < 4.78 is 7.43. The molecule has 0 unspecified atom stereocenters. The minimum atomic E-state index is -1.23. The van der Waals surface area contributed by atoms with Gasteiger partial charge >= 0.3 is 0 Å². The Morgan fingerprint density at radius 3 is 2.68 bits per heavy atom. The summed E-state index contributed by atoms with van der Waals surface area (Å²) in [4.78, 5) is 13.5. The Kier molecular flexibility index (Phi) is 7.03. The van der Waals surface area contributed by atoms with Gasteiger partial charge < -0.3 is 25.4 Å². The summed E-state index contributed by atoms with van der Waals surface area (Å²) in [6.07, 6.45) is -0.816. The van der Waals surface area contributed by atoms with Crippen LogP contribution in [0.1, 0.15) is 31.6 Å². The van der Waals surface area contributed by atoms with E-state index < -0.39 is 31.1 Å². The predicted molar refractivity (Wildman–Crippen MR) is 118 cm³/mol. The summed E-state index contributed by atoms with van der Waals surface area (Å²) in [5.41, 5.74) is 2.27. The number of nitrogens with zero attached hydrogens (tertiary/aromatic N) is 4. The fraction of sp³-hybridized carbons (Fsp3) is 0.476. The minimum absolute atomic E-state index is 0.396. The van der Waals surface area contributed by atoms with Gasteiger partial charge in [-0.25, -0.2) is 15.0 Å². The number of unbranched alkanes of at least 4 members (excludes halogenated alkanes) is 1. The molecular formula is C21H27N5O4S. The maximum absolute atomic E-state index is 10.6. The monoisotopic (exact) mass is 445 g/mol. The maximum atomic E-state index is 10.6. The molecule has 1 aliphatic heterocycles. The van der Waals surface area contributed by atoms with Crippen molar-refractivity contribution in [3.63, 3.8) is 0 Å². The largest absolute Gasteiger partial charge is 0.394 e. The number of hydrogen-bond acceptors (Lipinski definition) is 9. The van der Waals surface area contributed by atoms with Gasteiger partial charge in [-0.05, 0) is 12.0 Å². The summed E-state index contributed by atoms with van der Waals surface area (Å²) in [5.74, 6) is 1.21. The van der Waals surface area contributed by atoms with Gasteiger partial charge in [0.2, 0.25) is 5.95 Å². The number of anilines is 1. The van der Waals surface area contributed by atoms with Crippen molar-refractivity contribution in [2.24, 2.45) is 0 Å². The van der Waals surface area contributed by atoms with E-state index in [2.05, 4.69) is 34.3 Å². The van der Waals surface area contributed by atoms with Gasteiger partial charge in [-0.15, -0.1) is 0 Å². The van der Waals surface area contributed by atoms with E-state index in [-0.39, 0.29) is 0 Å². The van der Waals surface area contributed by atoms with E-state index >= 15 is 0 Å². The van der Waals surface area contributed by atoms with E-state index in [1.165, 1.54) is 11.9 Å². The number of aromatic nitrogens is 4. The SMILES string of the molecule is CCCCNc1nc2c(SCc3ccccc3)ncnc2n1[C@@H]1O[C@H](CO)[C@@H](O)[C@H]1O. The molecule has 4 atom stereocenters. The third kappa shape index (κ3) is 4.53. The van der Waals surface area contributed by atoms with Crippen LogP contribution in [0.3, 0.4) is 0 Å². The Labute approximate surface area is 184 Å². The molecule has 0 saturated carbocycles. The van der Waals surface area contributed by atoms with Crippen LogP contribution < -0.4 is 5.32 Å². The number of fused-ring (bicyclic) bond motifs is 1. The van der Waals surface area contributed by atoms with Crippen molar-refractivity contribution in [1.82, 2.24) is 19.5 Å². The number of aliphatic hydroxyl groups is 3. The van der Waals surface area contributed by atoms with Crippen LogP contribution in [-0.2, 0) is 10.5 Å². The summed E-state index contributed by atoms with van der Waals surface area (Å²) >= 11 is 1.55. The van der Waals surface area contributed by atoms with Crippen molar-refractivity contribution in [3.8, 4) is 0 Å². The van der Waals surface area contributed by atoms with Crippen LogP contribution in [-0.4, -0.2) is 66.3 Å². The van der Waals surface area contributed by atoms with E-state index in [1.807, 2.05) is 18.2 Å². The van der Waals surface area contributed by atoms with Gasteiger partial charge in [-0.3, -0.25) is 4.57 Å². The lowest BCUT2D eigenvalue weighted by Crippen LogP contribution is -2.33. The lowest BCUT2D eigenvalue weighted by atomic mass is 10.1. The quantitative estimate of drug-likeness (QED) is 0.222. The van der Waals surface area contributed by atoms with Crippen LogP contribution in [0.25, 0.3) is 11.2 Å². The summed E-state index contributed by atoms with van der Waals surface area (Å²) in [7, 11) is 0. The normalized spacial score (nSPS) is 23.5. The molecule has 31 heavy (non-hydrogen) atoms. The molecule has 9 nitrogen and oxygen atoms in total. The third-order valence-electron chi connectivity index (χ3n) is 5.25. The first kappa shape index (κ1) is 22.0. The smallest absolute Gasteiger partial charge is 0.207 e. The number of ether oxygens (including phenoxy) is 1. The van der Waals surface area contributed by atoms with Crippen molar-refractivity contribution >= 4 is 28.9 Å². The van der Waals surface area contributed by atoms with Gasteiger partial charge in [0, 0.05) is 12.3 Å². The predicted octanol–water partition coefficient (Wildman–Crippen LogP) is 1.94. The van der Waals surface area contributed by atoms with Crippen LogP contribution >= 0.6 is 11.8 Å². The topological polar surface area (TPSA) is 126 Å². The van der Waals surface area contributed by atoms with Crippen molar-refractivity contribution in [2.45, 2.75) is 55.1 Å². The highest BCUT2D eigenvalue weighted by molar-refractivity contribution is 7.98. The van der Waals surface area contributed by atoms with Crippen LogP contribution in [0.2, 0.25) is 0 Å². The van der Waals surface area contributed by atoms with Crippen molar-refractivity contribution in [3.05, 3.63) is 42.2 Å². The Bertz CT molecular complexity index is 1000. The number of nitrogens with one attached hydrogen (secondary N) is 1. The maximum Gasteiger partial charge on any atom is 0.207 e. The van der Waals surface area contributed by atoms with Gasteiger partial charge in [0.05, 0.1) is 6.61 Å². The zero-order valence-electron chi connectivity index (χ0n) is 17.3. The molecule has 0 radical (unpaired) electrons. The Hall–Kier alpha value is -2.24. The second-order valence-corrected chi connectivity index (χ2v) is 8.40. The number of rotatable bonds is 9. The molecule has 1 fully saturated rings. The van der Waals surface area contributed by atoms with Crippen LogP contribution in [0.15, 0.2) is 41.7 Å². The van der Waals surface area contributed by atoms with Gasteiger partial charge in [-0.1, -0.05) is 55.4 Å². The summed E-state index contributed by atoms with van der Waals surface area (Å²) in [6, 6.07) is 10.1. The first-order valence-electron chi connectivity index (χ1n) is 10.4. The molecule has 3 aromatic rings. The number of thioether (sulfide) groups is 1. The van der Waals surface area contributed by atoms with Gasteiger partial charge in [0.15, 0.2) is 11.9 Å². The molecule has 1 aliphatic rings. The molecule has 0 bridgehead atoms. The van der Waals surface area contributed by atoms with E-state index in [1.54, 1.807) is 16.3 Å². The highest BCUT2D eigenvalue weighted by Crippen LogP contribution is 2.36. The highest BCUT2D eigenvalue weighted by Gasteiger charge is 2.45. The molecule has 3 heterocycles. The van der Waals surface area contributed by atoms with Crippen LogP contribution in [0.5, 0.6) is 0 Å². The second kappa shape index (κ2) is 9.92. The third-order valence-corrected chi connectivity index (χ3v) is 6.30. The molecule has 2 aromatic heterocycles. The van der Waals surface area contributed by atoms with E-state index in [0.29, 0.717) is 23.7 Å². The molecule has 10 heteroatoms. The van der Waals surface area contributed by atoms with Gasteiger partial charge in [-0.2, -0.15) is 0 Å².